The maximum absolute atomic E-state index is 13.0. The monoisotopic (exact) mass is 278 g/mol. The van der Waals surface area contributed by atoms with Crippen molar-refractivity contribution in [2.45, 2.75) is 95.2 Å². The lowest BCUT2D eigenvalue weighted by molar-refractivity contribution is -0.140. The van der Waals surface area contributed by atoms with Gasteiger partial charge in [0.05, 0.1) is 6.04 Å². The van der Waals surface area contributed by atoms with Crippen LogP contribution in [0.2, 0.25) is 0 Å². The number of amides is 1. The maximum atomic E-state index is 13.0. The molecule has 0 aromatic rings. The first kappa shape index (κ1) is 14.4. The van der Waals surface area contributed by atoms with Gasteiger partial charge >= 0.3 is 0 Å². The second kappa shape index (κ2) is 6.93. The summed E-state index contributed by atoms with van der Waals surface area (Å²) >= 11 is 0. The highest BCUT2D eigenvalue weighted by Gasteiger charge is 2.36. The van der Waals surface area contributed by atoms with Crippen LogP contribution in [0.15, 0.2) is 0 Å². The summed E-state index contributed by atoms with van der Waals surface area (Å²) < 4.78 is 0. The van der Waals surface area contributed by atoms with Crippen LogP contribution in [0.5, 0.6) is 0 Å². The zero-order chi connectivity index (χ0) is 13.8. The van der Waals surface area contributed by atoms with Crippen LogP contribution in [0.3, 0.4) is 0 Å². The molecular formula is C17H30N2O. The van der Waals surface area contributed by atoms with E-state index >= 15 is 0 Å². The molecule has 1 atom stereocenters. The summed E-state index contributed by atoms with van der Waals surface area (Å²) in [6.45, 7) is 1.03. The molecule has 1 aliphatic heterocycles. The van der Waals surface area contributed by atoms with Gasteiger partial charge in [-0.3, -0.25) is 4.79 Å². The minimum atomic E-state index is 0.124. The van der Waals surface area contributed by atoms with Crippen LogP contribution in [-0.4, -0.2) is 35.5 Å². The molecule has 3 rings (SSSR count). The highest BCUT2D eigenvalue weighted by Crippen LogP contribution is 2.31. The summed E-state index contributed by atoms with van der Waals surface area (Å²) in [7, 11) is 0. The zero-order valence-corrected chi connectivity index (χ0v) is 12.8. The van der Waals surface area contributed by atoms with Crippen molar-refractivity contribution < 1.29 is 4.79 Å². The molecule has 1 amide bonds. The average Bonchev–Trinajstić information content (AvgIpc) is 3.04. The van der Waals surface area contributed by atoms with Crippen LogP contribution in [0.4, 0.5) is 0 Å². The Kier molecular flexibility index (Phi) is 4.98. The Bertz CT molecular complexity index is 295. The van der Waals surface area contributed by atoms with E-state index in [0.717, 1.165) is 13.0 Å². The highest BCUT2D eigenvalue weighted by atomic mass is 16.2. The minimum Gasteiger partial charge on any atom is -0.335 e. The zero-order valence-electron chi connectivity index (χ0n) is 12.8. The van der Waals surface area contributed by atoms with Gasteiger partial charge in [0.1, 0.15) is 0 Å². The van der Waals surface area contributed by atoms with Crippen molar-refractivity contribution in [3.63, 3.8) is 0 Å². The molecule has 0 spiro atoms. The van der Waals surface area contributed by atoms with Crippen molar-refractivity contribution in [2.75, 3.05) is 6.54 Å². The largest absolute Gasteiger partial charge is 0.335 e. The van der Waals surface area contributed by atoms with Gasteiger partial charge in [-0.2, -0.15) is 0 Å². The number of rotatable bonds is 3. The number of carbonyl (C=O) groups is 1. The summed E-state index contributed by atoms with van der Waals surface area (Å²) in [6.07, 6.45) is 15.2. The van der Waals surface area contributed by atoms with E-state index in [1.165, 1.54) is 70.6 Å². The van der Waals surface area contributed by atoms with E-state index in [9.17, 15) is 4.79 Å². The van der Waals surface area contributed by atoms with Gasteiger partial charge in [-0.25, -0.2) is 0 Å². The fourth-order valence-corrected chi connectivity index (χ4v) is 4.45. The van der Waals surface area contributed by atoms with E-state index in [2.05, 4.69) is 10.2 Å². The molecule has 0 radical (unpaired) electrons. The van der Waals surface area contributed by atoms with Gasteiger partial charge in [-0.05, 0) is 45.1 Å². The number of hydrogen-bond acceptors (Lipinski definition) is 2. The number of carbonyl (C=O) groups excluding carboxylic acids is 1. The first-order chi connectivity index (χ1) is 9.86. The predicted molar refractivity (Wildman–Crippen MR) is 81.6 cm³/mol. The van der Waals surface area contributed by atoms with Gasteiger partial charge in [0.15, 0.2) is 0 Å². The Labute approximate surface area is 123 Å². The Morgan fingerprint density at radius 1 is 0.750 bits per heavy atom. The molecule has 3 fully saturated rings. The summed E-state index contributed by atoms with van der Waals surface area (Å²) in [4.78, 5) is 15.4. The van der Waals surface area contributed by atoms with Crippen LogP contribution in [0.25, 0.3) is 0 Å². The van der Waals surface area contributed by atoms with Crippen LogP contribution in [0, 0.1) is 0 Å². The summed E-state index contributed by atoms with van der Waals surface area (Å²) in [6, 6.07) is 1.21. The number of hydrogen-bond donors (Lipinski definition) is 1. The molecule has 3 aliphatic rings. The molecule has 3 heteroatoms. The third-order valence-electron chi connectivity index (χ3n) is 5.55. The third-order valence-corrected chi connectivity index (χ3v) is 5.55. The molecule has 0 aromatic heterocycles. The fourth-order valence-electron chi connectivity index (χ4n) is 4.45. The second-order valence-corrected chi connectivity index (χ2v) is 6.98. The summed E-state index contributed by atoms with van der Waals surface area (Å²) in [5.41, 5.74) is 0. The van der Waals surface area contributed by atoms with Crippen molar-refractivity contribution in [1.82, 2.24) is 10.2 Å². The van der Waals surface area contributed by atoms with Crippen molar-refractivity contribution >= 4 is 5.91 Å². The van der Waals surface area contributed by atoms with Crippen molar-refractivity contribution in [2.24, 2.45) is 0 Å². The smallest absolute Gasteiger partial charge is 0.240 e. The lowest BCUT2D eigenvalue weighted by Gasteiger charge is -2.43. The molecule has 0 aromatic carbocycles. The SMILES string of the molecule is O=C([C@H]1CCCN1)N(C1CCCCC1)C1CCCCC1. The summed E-state index contributed by atoms with van der Waals surface area (Å²) in [5.74, 6) is 0.432. The second-order valence-electron chi connectivity index (χ2n) is 6.98. The van der Waals surface area contributed by atoms with E-state index in [1.54, 1.807) is 0 Å². The lowest BCUT2D eigenvalue weighted by Crippen LogP contribution is -2.54. The number of nitrogens with zero attached hydrogens (tertiary/aromatic N) is 1. The van der Waals surface area contributed by atoms with Crippen LogP contribution < -0.4 is 5.32 Å². The van der Waals surface area contributed by atoms with E-state index in [1.807, 2.05) is 0 Å². The van der Waals surface area contributed by atoms with Crippen molar-refractivity contribution in [3.8, 4) is 0 Å². The van der Waals surface area contributed by atoms with E-state index in [0.29, 0.717) is 18.0 Å². The van der Waals surface area contributed by atoms with Crippen LogP contribution in [0.1, 0.15) is 77.0 Å². The van der Waals surface area contributed by atoms with Crippen LogP contribution >= 0.6 is 0 Å². The first-order valence-electron chi connectivity index (χ1n) is 8.92. The Balaban J connectivity index is 1.72. The Hall–Kier alpha value is -0.570. The first-order valence-corrected chi connectivity index (χ1v) is 8.92. The van der Waals surface area contributed by atoms with E-state index < -0.39 is 0 Å². The lowest BCUT2D eigenvalue weighted by atomic mass is 9.88. The molecule has 0 unspecified atom stereocenters. The van der Waals surface area contributed by atoms with Crippen LogP contribution in [-0.2, 0) is 4.79 Å². The molecule has 20 heavy (non-hydrogen) atoms. The Morgan fingerprint density at radius 2 is 1.30 bits per heavy atom. The molecule has 114 valence electrons. The van der Waals surface area contributed by atoms with Gasteiger partial charge in [0.2, 0.25) is 5.91 Å². The van der Waals surface area contributed by atoms with Gasteiger partial charge in [0.25, 0.3) is 0 Å². The highest BCUT2D eigenvalue weighted by molar-refractivity contribution is 5.82. The molecule has 0 bridgehead atoms. The molecule has 1 saturated heterocycles. The molecule has 1 heterocycles. The third kappa shape index (κ3) is 3.19. The minimum absolute atomic E-state index is 0.124. The maximum Gasteiger partial charge on any atom is 0.240 e. The molecule has 1 N–H and O–H groups in total. The standard InChI is InChI=1S/C17H30N2O/c20-17(16-12-7-13-18-16)19(14-8-3-1-4-9-14)15-10-5-2-6-11-15/h14-16,18H,1-13H2/t16-/m1/s1. The quantitative estimate of drug-likeness (QED) is 0.859. The Morgan fingerprint density at radius 3 is 1.75 bits per heavy atom. The molecule has 2 aliphatic carbocycles. The van der Waals surface area contributed by atoms with Gasteiger partial charge in [-0.15, -0.1) is 0 Å². The van der Waals surface area contributed by atoms with E-state index in [-0.39, 0.29) is 6.04 Å². The molecule has 2 saturated carbocycles. The van der Waals surface area contributed by atoms with E-state index in [4.69, 9.17) is 0 Å². The van der Waals surface area contributed by atoms with Crippen molar-refractivity contribution in [1.29, 1.82) is 0 Å². The van der Waals surface area contributed by atoms with Gasteiger partial charge < -0.3 is 10.2 Å². The molecular weight excluding hydrogens is 248 g/mol. The fraction of sp³-hybridized carbons (Fsp3) is 0.941. The predicted octanol–water partition coefficient (Wildman–Crippen LogP) is 3.23. The van der Waals surface area contributed by atoms with Gasteiger partial charge in [-0.1, -0.05) is 38.5 Å². The average molecular weight is 278 g/mol. The van der Waals surface area contributed by atoms with Crippen molar-refractivity contribution in [3.05, 3.63) is 0 Å². The molecule has 3 nitrogen and oxygen atoms in total. The summed E-state index contributed by atoms with van der Waals surface area (Å²) in [5, 5.41) is 3.42. The number of nitrogens with one attached hydrogen (secondary N) is 1. The topological polar surface area (TPSA) is 32.3 Å². The van der Waals surface area contributed by atoms with Gasteiger partial charge in [0, 0.05) is 12.1 Å². The normalized spacial score (nSPS) is 29.5.